The minimum Gasteiger partial charge on any atom is -0.396 e. The van der Waals surface area contributed by atoms with E-state index in [9.17, 15) is 5.11 Å². The molecule has 0 aromatic rings. The Kier molecular flexibility index (Phi) is 4.04. The van der Waals surface area contributed by atoms with E-state index in [2.05, 4.69) is 6.92 Å². The second-order valence-corrected chi connectivity index (χ2v) is 5.76. The number of quaternary nitrogens is 1. The summed E-state index contributed by atoms with van der Waals surface area (Å²) in [6, 6.07) is 0.913. The summed E-state index contributed by atoms with van der Waals surface area (Å²) in [5, 5.41) is 9.24. The van der Waals surface area contributed by atoms with E-state index in [1.165, 1.54) is 51.6 Å². The number of nitrogens with one attached hydrogen (secondary N) is 1. The maximum atomic E-state index is 9.24. The monoisotopic (exact) mass is 212 g/mol. The second-order valence-electron chi connectivity index (χ2n) is 5.76. The van der Waals surface area contributed by atoms with Crippen molar-refractivity contribution >= 4 is 0 Å². The summed E-state index contributed by atoms with van der Waals surface area (Å²) in [5.74, 6) is 1.55. The number of aliphatic hydroxyl groups is 1. The molecule has 2 heteroatoms. The molecule has 0 radical (unpaired) electrons. The van der Waals surface area contributed by atoms with E-state index >= 15 is 0 Å². The maximum Gasteiger partial charge on any atom is 0.0874 e. The van der Waals surface area contributed by atoms with E-state index < -0.39 is 0 Å². The highest BCUT2D eigenvalue weighted by Gasteiger charge is 2.31. The number of likely N-dealkylation sites (tertiary alicyclic amines) is 1. The van der Waals surface area contributed by atoms with Gasteiger partial charge in [0.25, 0.3) is 0 Å². The van der Waals surface area contributed by atoms with Crippen LogP contribution in [-0.2, 0) is 0 Å². The molecule has 1 heterocycles. The summed E-state index contributed by atoms with van der Waals surface area (Å²) < 4.78 is 0. The van der Waals surface area contributed by atoms with E-state index in [0.717, 1.165) is 12.0 Å². The Bertz CT molecular complexity index is 187. The minimum absolute atomic E-state index is 0.409. The zero-order valence-corrected chi connectivity index (χ0v) is 10.0. The van der Waals surface area contributed by atoms with Crippen molar-refractivity contribution < 1.29 is 10.0 Å². The van der Waals surface area contributed by atoms with E-state index in [1.807, 2.05) is 0 Å². The third-order valence-corrected chi connectivity index (χ3v) is 4.51. The molecule has 1 saturated heterocycles. The summed E-state index contributed by atoms with van der Waals surface area (Å²) in [5.41, 5.74) is 0. The predicted octanol–water partition coefficient (Wildman–Crippen LogP) is 0.852. The number of aliphatic hydroxyl groups excluding tert-OH is 1. The molecule has 88 valence electrons. The first-order chi connectivity index (χ1) is 7.29. The Labute approximate surface area is 93.7 Å². The Morgan fingerprint density at radius 3 is 2.53 bits per heavy atom. The van der Waals surface area contributed by atoms with Crippen LogP contribution < -0.4 is 4.90 Å². The fraction of sp³-hybridized carbons (Fsp3) is 1.00. The van der Waals surface area contributed by atoms with E-state index in [0.29, 0.717) is 12.5 Å². The summed E-state index contributed by atoms with van der Waals surface area (Å²) in [4.78, 5) is 1.80. The third kappa shape index (κ3) is 2.94. The van der Waals surface area contributed by atoms with Crippen LogP contribution >= 0.6 is 0 Å². The van der Waals surface area contributed by atoms with Crippen LogP contribution in [0.1, 0.15) is 45.4 Å². The first kappa shape index (κ1) is 11.4. The lowest BCUT2D eigenvalue weighted by molar-refractivity contribution is -0.935. The fourth-order valence-corrected chi connectivity index (χ4v) is 3.39. The summed E-state index contributed by atoms with van der Waals surface area (Å²) >= 11 is 0. The average Bonchev–Trinajstić information content (AvgIpc) is 2.30. The molecule has 0 aromatic carbocycles. The molecule has 15 heavy (non-hydrogen) atoms. The Morgan fingerprint density at radius 1 is 1.13 bits per heavy atom. The van der Waals surface area contributed by atoms with Gasteiger partial charge in [-0.1, -0.05) is 6.92 Å². The van der Waals surface area contributed by atoms with Crippen molar-refractivity contribution in [1.29, 1.82) is 0 Å². The molecule has 1 aliphatic heterocycles. The van der Waals surface area contributed by atoms with Crippen LogP contribution in [0.15, 0.2) is 0 Å². The van der Waals surface area contributed by atoms with E-state index in [-0.39, 0.29) is 0 Å². The highest BCUT2D eigenvalue weighted by molar-refractivity contribution is 4.71. The van der Waals surface area contributed by atoms with Gasteiger partial charge in [0.15, 0.2) is 0 Å². The summed E-state index contributed by atoms with van der Waals surface area (Å²) in [6.07, 6.45) is 8.29. The van der Waals surface area contributed by atoms with Crippen LogP contribution in [0.5, 0.6) is 0 Å². The maximum absolute atomic E-state index is 9.24. The Morgan fingerprint density at radius 2 is 1.87 bits per heavy atom. The molecule has 1 aliphatic carbocycles. The van der Waals surface area contributed by atoms with Crippen molar-refractivity contribution in [1.82, 2.24) is 0 Å². The quantitative estimate of drug-likeness (QED) is 0.697. The minimum atomic E-state index is 0.409. The van der Waals surface area contributed by atoms with E-state index in [4.69, 9.17) is 0 Å². The number of hydrogen-bond donors (Lipinski definition) is 2. The molecule has 0 spiro atoms. The summed E-state index contributed by atoms with van der Waals surface area (Å²) in [6.45, 7) is 5.38. The van der Waals surface area contributed by atoms with Gasteiger partial charge in [-0.3, -0.25) is 0 Å². The molecular formula is C13H26NO+. The topological polar surface area (TPSA) is 24.7 Å². The second kappa shape index (κ2) is 5.31. The lowest BCUT2D eigenvalue weighted by Crippen LogP contribution is -3.17. The van der Waals surface area contributed by atoms with Crippen LogP contribution in [0.25, 0.3) is 0 Å². The zero-order chi connectivity index (χ0) is 10.7. The molecule has 0 bridgehead atoms. The van der Waals surface area contributed by atoms with Crippen molar-refractivity contribution in [3.8, 4) is 0 Å². The standard InChI is InChI=1S/C13H25NO/c1-11-4-6-13(7-5-11)14-8-2-3-12(9-14)10-15/h11-13,15H,2-10H2,1H3/p+1/t11?,12-,13?/m1/s1. The first-order valence-electron chi connectivity index (χ1n) is 6.75. The fourth-order valence-electron chi connectivity index (χ4n) is 3.39. The van der Waals surface area contributed by atoms with Gasteiger partial charge in [-0.2, -0.15) is 0 Å². The molecule has 0 aromatic heterocycles. The molecule has 0 amide bonds. The van der Waals surface area contributed by atoms with Gasteiger partial charge in [0.2, 0.25) is 0 Å². The predicted molar refractivity (Wildman–Crippen MR) is 61.9 cm³/mol. The molecule has 1 unspecified atom stereocenters. The molecule has 1 saturated carbocycles. The van der Waals surface area contributed by atoms with Gasteiger partial charge in [0.1, 0.15) is 0 Å². The molecule has 2 aliphatic rings. The average molecular weight is 212 g/mol. The lowest BCUT2D eigenvalue weighted by atomic mass is 9.85. The van der Waals surface area contributed by atoms with Gasteiger partial charge in [0, 0.05) is 5.92 Å². The number of piperidine rings is 1. The third-order valence-electron chi connectivity index (χ3n) is 4.51. The first-order valence-corrected chi connectivity index (χ1v) is 6.75. The Balaban J connectivity index is 1.82. The van der Waals surface area contributed by atoms with Gasteiger partial charge >= 0.3 is 0 Å². The van der Waals surface area contributed by atoms with Crippen molar-refractivity contribution in [3.05, 3.63) is 0 Å². The number of rotatable bonds is 2. The van der Waals surface area contributed by atoms with Gasteiger partial charge in [0.05, 0.1) is 25.7 Å². The van der Waals surface area contributed by atoms with Gasteiger partial charge < -0.3 is 10.0 Å². The van der Waals surface area contributed by atoms with Crippen LogP contribution in [0, 0.1) is 11.8 Å². The van der Waals surface area contributed by atoms with Crippen molar-refractivity contribution in [2.45, 2.75) is 51.5 Å². The number of hydrogen-bond acceptors (Lipinski definition) is 1. The van der Waals surface area contributed by atoms with Crippen molar-refractivity contribution in [2.24, 2.45) is 11.8 Å². The van der Waals surface area contributed by atoms with Crippen molar-refractivity contribution in [2.75, 3.05) is 19.7 Å². The van der Waals surface area contributed by atoms with Gasteiger partial charge in [-0.05, 0) is 44.4 Å². The summed E-state index contributed by atoms with van der Waals surface area (Å²) in [7, 11) is 0. The molecule has 2 nitrogen and oxygen atoms in total. The van der Waals surface area contributed by atoms with Crippen LogP contribution in [-0.4, -0.2) is 30.8 Å². The molecule has 2 N–H and O–H groups in total. The van der Waals surface area contributed by atoms with Crippen LogP contribution in [0.3, 0.4) is 0 Å². The van der Waals surface area contributed by atoms with Crippen LogP contribution in [0.2, 0.25) is 0 Å². The van der Waals surface area contributed by atoms with Gasteiger partial charge in [-0.15, -0.1) is 0 Å². The molecular weight excluding hydrogens is 186 g/mol. The largest absolute Gasteiger partial charge is 0.396 e. The van der Waals surface area contributed by atoms with E-state index in [1.54, 1.807) is 4.90 Å². The van der Waals surface area contributed by atoms with Crippen LogP contribution in [0.4, 0.5) is 0 Å². The van der Waals surface area contributed by atoms with Gasteiger partial charge in [-0.25, -0.2) is 0 Å². The Hall–Kier alpha value is -0.0800. The molecule has 2 fully saturated rings. The smallest absolute Gasteiger partial charge is 0.0874 e. The van der Waals surface area contributed by atoms with Crippen molar-refractivity contribution in [3.63, 3.8) is 0 Å². The molecule has 2 atom stereocenters. The zero-order valence-electron chi connectivity index (χ0n) is 10.0. The highest BCUT2D eigenvalue weighted by Crippen LogP contribution is 2.22. The lowest BCUT2D eigenvalue weighted by Gasteiger charge is -2.37. The highest BCUT2D eigenvalue weighted by atomic mass is 16.3. The molecule has 2 rings (SSSR count). The SMILES string of the molecule is CC1CCC([NH+]2CCC[C@@H](CO)C2)CC1. The normalized spacial score (nSPS) is 42.8.